The van der Waals surface area contributed by atoms with Gasteiger partial charge in [-0.1, -0.05) is 24.6 Å². The molecule has 0 heterocycles. The van der Waals surface area contributed by atoms with Gasteiger partial charge in [0.2, 0.25) is 5.91 Å². The number of halogens is 2. The van der Waals surface area contributed by atoms with E-state index in [1.165, 1.54) is 0 Å². The van der Waals surface area contributed by atoms with Crippen LogP contribution >= 0.6 is 27.5 Å². The first kappa shape index (κ1) is 15.5. The molecule has 1 aromatic carbocycles. The number of benzene rings is 1. The first-order valence-electron chi connectivity index (χ1n) is 6.04. The number of rotatable bonds is 7. The summed E-state index contributed by atoms with van der Waals surface area (Å²) < 4.78 is 0.893. The Morgan fingerprint density at radius 3 is 2.83 bits per heavy atom. The van der Waals surface area contributed by atoms with Crippen LogP contribution in [-0.2, 0) is 11.3 Å². The van der Waals surface area contributed by atoms with Gasteiger partial charge in [0, 0.05) is 30.5 Å². The monoisotopic (exact) mass is 332 g/mol. The van der Waals surface area contributed by atoms with Gasteiger partial charge in [0.1, 0.15) is 0 Å². The van der Waals surface area contributed by atoms with Crippen LogP contribution in [0.2, 0.25) is 5.02 Å². The summed E-state index contributed by atoms with van der Waals surface area (Å²) in [6, 6.07) is 5.81. The van der Waals surface area contributed by atoms with E-state index in [1.54, 1.807) is 0 Å². The molecule has 5 heteroatoms. The molecule has 0 aliphatic rings. The summed E-state index contributed by atoms with van der Waals surface area (Å²) in [4.78, 5) is 11.3. The minimum atomic E-state index is 0.0987. The van der Waals surface area contributed by atoms with Gasteiger partial charge in [-0.2, -0.15) is 0 Å². The first-order valence-corrected chi connectivity index (χ1v) is 7.22. The molecular formula is C13H18BrClN2O. The lowest BCUT2D eigenvalue weighted by Gasteiger charge is -2.06. The predicted molar refractivity (Wildman–Crippen MR) is 78.8 cm³/mol. The number of hydrogen-bond acceptors (Lipinski definition) is 2. The zero-order valence-corrected chi connectivity index (χ0v) is 12.8. The molecule has 0 aliphatic heterocycles. The van der Waals surface area contributed by atoms with Gasteiger partial charge >= 0.3 is 0 Å². The van der Waals surface area contributed by atoms with Crippen molar-refractivity contribution in [1.82, 2.24) is 10.6 Å². The summed E-state index contributed by atoms with van der Waals surface area (Å²) in [7, 11) is 0. The maximum atomic E-state index is 11.3. The highest BCUT2D eigenvalue weighted by atomic mass is 79.9. The molecule has 0 spiro atoms. The molecule has 0 unspecified atom stereocenters. The summed E-state index contributed by atoms with van der Waals surface area (Å²) in [5, 5.41) is 6.78. The topological polar surface area (TPSA) is 41.1 Å². The molecule has 3 nitrogen and oxygen atoms in total. The van der Waals surface area contributed by atoms with E-state index in [-0.39, 0.29) is 5.91 Å². The second-order valence-electron chi connectivity index (χ2n) is 4.03. The van der Waals surface area contributed by atoms with Crippen molar-refractivity contribution >= 4 is 33.4 Å². The highest BCUT2D eigenvalue weighted by molar-refractivity contribution is 9.10. The molecular weight excluding hydrogens is 316 g/mol. The third-order valence-corrected chi connectivity index (χ3v) is 3.63. The van der Waals surface area contributed by atoms with Crippen molar-refractivity contribution in [2.75, 3.05) is 13.1 Å². The van der Waals surface area contributed by atoms with Crippen molar-refractivity contribution in [3.8, 4) is 0 Å². The Balaban J connectivity index is 2.21. The molecule has 0 atom stereocenters. The van der Waals surface area contributed by atoms with E-state index in [0.717, 1.165) is 29.5 Å². The molecule has 18 heavy (non-hydrogen) atoms. The fourth-order valence-corrected chi connectivity index (χ4v) is 1.98. The van der Waals surface area contributed by atoms with Crippen molar-refractivity contribution in [2.45, 2.75) is 26.3 Å². The van der Waals surface area contributed by atoms with E-state index in [9.17, 15) is 4.79 Å². The molecule has 0 radical (unpaired) electrons. The Bertz CT molecular complexity index is 399. The van der Waals surface area contributed by atoms with E-state index >= 15 is 0 Å². The minimum Gasteiger partial charge on any atom is -0.356 e. The van der Waals surface area contributed by atoms with E-state index in [0.29, 0.717) is 18.0 Å². The van der Waals surface area contributed by atoms with E-state index < -0.39 is 0 Å². The normalized spacial score (nSPS) is 10.4. The van der Waals surface area contributed by atoms with Crippen LogP contribution in [0, 0.1) is 0 Å². The van der Waals surface area contributed by atoms with Crippen LogP contribution in [0.3, 0.4) is 0 Å². The maximum absolute atomic E-state index is 11.3. The van der Waals surface area contributed by atoms with Crippen molar-refractivity contribution in [3.05, 3.63) is 33.3 Å². The Labute approximate surface area is 121 Å². The molecule has 0 bridgehead atoms. The van der Waals surface area contributed by atoms with Crippen LogP contribution in [0.4, 0.5) is 0 Å². The molecule has 0 fully saturated rings. The van der Waals surface area contributed by atoms with Crippen molar-refractivity contribution < 1.29 is 4.79 Å². The van der Waals surface area contributed by atoms with Gasteiger partial charge in [0.05, 0.1) is 5.02 Å². The van der Waals surface area contributed by atoms with Gasteiger partial charge in [-0.25, -0.2) is 0 Å². The molecule has 0 aromatic heterocycles. The van der Waals surface area contributed by atoms with Crippen LogP contribution < -0.4 is 10.6 Å². The van der Waals surface area contributed by atoms with Crippen molar-refractivity contribution in [2.24, 2.45) is 0 Å². The van der Waals surface area contributed by atoms with Crippen LogP contribution in [0.25, 0.3) is 0 Å². The lowest BCUT2D eigenvalue weighted by molar-refractivity contribution is -0.120. The summed E-state index contributed by atoms with van der Waals surface area (Å²) in [5.41, 5.74) is 1.14. The molecule has 1 rings (SSSR count). The molecule has 0 saturated heterocycles. The summed E-state index contributed by atoms with van der Waals surface area (Å²) >= 11 is 9.29. The lowest BCUT2D eigenvalue weighted by atomic mass is 10.2. The summed E-state index contributed by atoms with van der Waals surface area (Å²) in [6.07, 6.45) is 1.48. The molecule has 0 aliphatic carbocycles. The number of carbonyl (C=O) groups is 1. The zero-order valence-electron chi connectivity index (χ0n) is 10.4. The SMILES string of the molecule is CCCNC(=O)CCNCc1ccc(Cl)c(Br)c1. The van der Waals surface area contributed by atoms with Gasteiger partial charge in [-0.3, -0.25) is 4.79 Å². The fraction of sp³-hybridized carbons (Fsp3) is 0.462. The number of nitrogens with one attached hydrogen (secondary N) is 2. The first-order chi connectivity index (χ1) is 8.63. The number of hydrogen-bond donors (Lipinski definition) is 2. The Kier molecular flexibility index (Phi) is 7.32. The largest absolute Gasteiger partial charge is 0.356 e. The fourth-order valence-electron chi connectivity index (χ4n) is 1.44. The quantitative estimate of drug-likeness (QED) is 0.753. The highest BCUT2D eigenvalue weighted by Gasteiger charge is 2.01. The molecule has 2 N–H and O–H groups in total. The van der Waals surface area contributed by atoms with Crippen molar-refractivity contribution in [1.29, 1.82) is 0 Å². The zero-order chi connectivity index (χ0) is 13.4. The second kappa shape index (κ2) is 8.51. The van der Waals surface area contributed by atoms with Gasteiger partial charge < -0.3 is 10.6 Å². The maximum Gasteiger partial charge on any atom is 0.221 e. The van der Waals surface area contributed by atoms with Gasteiger partial charge in [0.15, 0.2) is 0 Å². The van der Waals surface area contributed by atoms with Crippen LogP contribution in [-0.4, -0.2) is 19.0 Å². The lowest BCUT2D eigenvalue weighted by Crippen LogP contribution is -2.28. The summed E-state index contributed by atoms with van der Waals surface area (Å²) in [5.74, 6) is 0.0987. The van der Waals surface area contributed by atoms with E-state index in [1.807, 2.05) is 25.1 Å². The van der Waals surface area contributed by atoms with Crippen LogP contribution in [0.15, 0.2) is 22.7 Å². The van der Waals surface area contributed by atoms with Gasteiger partial charge in [-0.15, -0.1) is 0 Å². The average Bonchev–Trinajstić information content (AvgIpc) is 2.36. The number of amides is 1. The average molecular weight is 334 g/mol. The summed E-state index contributed by atoms with van der Waals surface area (Å²) in [6.45, 7) is 4.20. The third kappa shape index (κ3) is 5.85. The van der Waals surface area contributed by atoms with Gasteiger partial charge in [0.25, 0.3) is 0 Å². The van der Waals surface area contributed by atoms with E-state index in [4.69, 9.17) is 11.6 Å². The Hall–Kier alpha value is -0.580. The Morgan fingerprint density at radius 2 is 2.17 bits per heavy atom. The predicted octanol–water partition coefficient (Wildman–Crippen LogP) is 3.11. The minimum absolute atomic E-state index is 0.0987. The molecule has 100 valence electrons. The highest BCUT2D eigenvalue weighted by Crippen LogP contribution is 2.22. The molecule has 1 amide bonds. The van der Waals surface area contributed by atoms with Gasteiger partial charge in [-0.05, 0) is 40.0 Å². The van der Waals surface area contributed by atoms with Crippen LogP contribution in [0.1, 0.15) is 25.3 Å². The Morgan fingerprint density at radius 1 is 1.39 bits per heavy atom. The standard InChI is InChI=1S/C13H18BrClN2O/c1-2-6-17-13(18)5-7-16-9-10-3-4-12(15)11(14)8-10/h3-4,8,16H,2,5-7,9H2,1H3,(H,17,18). The molecule has 1 aromatic rings. The second-order valence-corrected chi connectivity index (χ2v) is 5.29. The van der Waals surface area contributed by atoms with E-state index in [2.05, 4.69) is 26.6 Å². The van der Waals surface area contributed by atoms with Crippen LogP contribution in [0.5, 0.6) is 0 Å². The smallest absolute Gasteiger partial charge is 0.221 e. The molecule has 0 saturated carbocycles. The number of carbonyl (C=O) groups excluding carboxylic acids is 1. The third-order valence-electron chi connectivity index (χ3n) is 2.41. The van der Waals surface area contributed by atoms with Crippen molar-refractivity contribution in [3.63, 3.8) is 0 Å².